The highest BCUT2D eigenvalue weighted by Crippen LogP contribution is 2.14. The van der Waals surface area contributed by atoms with Crippen molar-refractivity contribution in [2.24, 2.45) is 11.8 Å². The van der Waals surface area contributed by atoms with Crippen LogP contribution in [-0.4, -0.2) is 49.6 Å². The van der Waals surface area contributed by atoms with Gasteiger partial charge < -0.3 is 24.8 Å². The quantitative estimate of drug-likeness (QED) is 0.525. The molecule has 0 fully saturated rings. The van der Waals surface area contributed by atoms with E-state index in [1.807, 2.05) is 0 Å². The lowest BCUT2D eigenvalue weighted by atomic mass is 9.95. The highest BCUT2D eigenvalue weighted by molar-refractivity contribution is 5.72. The van der Waals surface area contributed by atoms with E-state index in [1.165, 1.54) is 7.11 Å². The van der Waals surface area contributed by atoms with E-state index in [-0.39, 0.29) is 30.9 Å². The molecule has 0 spiro atoms. The summed E-state index contributed by atoms with van der Waals surface area (Å²) in [5, 5.41) is 5.34. The van der Waals surface area contributed by atoms with Crippen molar-refractivity contribution in [3.8, 4) is 0 Å². The molecule has 0 radical (unpaired) electrons. The lowest BCUT2D eigenvalue weighted by molar-refractivity contribution is -0.145. The normalized spacial score (nSPS) is 13.0. The highest BCUT2D eigenvalue weighted by Gasteiger charge is 2.23. The molecule has 0 heterocycles. The number of ether oxygens (including phenoxy) is 3. The third kappa shape index (κ3) is 12.4. The summed E-state index contributed by atoms with van der Waals surface area (Å²) in [6, 6.07) is 0. The summed E-state index contributed by atoms with van der Waals surface area (Å²) in [4.78, 5) is 35.3. The number of nitrogens with one attached hydrogen (secondary N) is 2. The zero-order chi connectivity index (χ0) is 20.5. The first-order valence-electron chi connectivity index (χ1n) is 8.75. The highest BCUT2D eigenvalue weighted by atomic mass is 16.6. The number of carbonyl (C=O) groups is 3. The van der Waals surface area contributed by atoms with E-state index in [9.17, 15) is 14.4 Å². The van der Waals surface area contributed by atoms with Crippen LogP contribution in [0.25, 0.3) is 0 Å². The zero-order valence-electron chi connectivity index (χ0n) is 17.2. The van der Waals surface area contributed by atoms with Crippen LogP contribution < -0.4 is 10.6 Å². The van der Waals surface area contributed by atoms with Crippen molar-refractivity contribution in [1.82, 2.24) is 10.6 Å². The van der Waals surface area contributed by atoms with Crippen molar-refractivity contribution in [3.05, 3.63) is 0 Å². The molecule has 0 aliphatic heterocycles. The summed E-state index contributed by atoms with van der Waals surface area (Å²) >= 11 is 0. The molecule has 152 valence electrons. The minimum atomic E-state index is -0.604. The Labute approximate surface area is 156 Å². The van der Waals surface area contributed by atoms with Gasteiger partial charge in [0.25, 0.3) is 0 Å². The molecule has 0 aliphatic carbocycles. The molecule has 1 atom stereocenters. The molecular weight excluding hydrogens is 340 g/mol. The molecule has 8 nitrogen and oxygen atoms in total. The molecule has 0 saturated carbocycles. The third-order valence-corrected chi connectivity index (χ3v) is 3.16. The van der Waals surface area contributed by atoms with Crippen LogP contribution in [0.2, 0.25) is 0 Å². The number of alkyl carbamates (subject to hydrolysis) is 2. The number of amides is 2. The van der Waals surface area contributed by atoms with Crippen LogP contribution >= 0.6 is 0 Å². The zero-order valence-corrected chi connectivity index (χ0v) is 17.2. The summed E-state index contributed by atoms with van der Waals surface area (Å²) in [5.74, 6) is -0.903. The first-order valence-corrected chi connectivity index (χ1v) is 8.75. The Morgan fingerprint density at radius 1 is 0.846 bits per heavy atom. The number of carbonyl (C=O) groups excluding carboxylic acids is 3. The predicted molar refractivity (Wildman–Crippen MR) is 97.8 cm³/mol. The standard InChI is InChI=1S/C18H34N2O6/c1-12(14(21)24-8)9-13(10-19-15(22)25-17(2,3)4)11-20-16(23)26-18(5,6)7/h12-13H,9-11H2,1-8H3,(H,19,22)(H,20,23)/t12-/m1/s1. The number of rotatable bonds is 7. The number of esters is 1. The first-order chi connectivity index (χ1) is 11.7. The van der Waals surface area contributed by atoms with Crippen LogP contribution in [0.5, 0.6) is 0 Å². The fraction of sp³-hybridized carbons (Fsp3) is 0.833. The Balaban J connectivity index is 4.71. The van der Waals surface area contributed by atoms with Gasteiger partial charge >= 0.3 is 18.2 Å². The summed E-state index contributed by atoms with van der Waals surface area (Å²) in [5.41, 5.74) is -1.21. The van der Waals surface area contributed by atoms with E-state index >= 15 is 0 Å². The van der Waals surface area contributed by atoms with Crippen LogP contribution in [0.3, 0.4) is 0 Å². The van der Waals surface area contributed by atoms with Crippen molar-refractivity contribution in [2.45, 2.75) is 66.1 Å². The van der Waals surface area contributed by atoms with Crippen molar-refractivity contribution in [2.75, 3.05) is 20.2 Å². The number of hydrogen-bond donors (Lipinski definition) is 2. The van der Waals surface area contributed by atoms with Crippen molar-refractivity contribution >= 4 is 18.2 Å². The molecule has 0 aromatic heterocycles. The average molecular weight is 374 g/mol. The van der Waals surface area contributed by atoms with Gasteiger partial charge in [-0.1, -0.05) is 6.92 Å². The summed E-state index contributed by atoms with van der Waals surface area (Å²) in [6.45, 7) is 12.8. The minimum absolute atomic E-state index is 0.191. The largest absolute Gasteiger partial charge is 0.469 e. The van der Waals surface area contributed by atoms with Gasteiger partial charge in [-0.3, -0.25) is 4.79 Å². The number of hydrogen-bond acceptors (Lipinski definition) is 6. The molecule has 0 aromatic rings. The monoisotopic (exact) mass is 374 g/mol. The smallest absolute Gasteiger partial charge is 0.407 e. The molecule has 0 aromatic carbocycles. The van der Waals surface area contributed by atoms with E-state index in [0.29, 0.717) is 6.42 Å². The van der Waals surface area contributed by atoms with Gasteiger partial charge in [0.2, 0.25) is 0 Å². The maximum atomic E-state index is 11.8. The Kier molecular flexibility index (Phi) is 9.45. The van der Waals surface area contributed by atoms with Crippen LogP contribution in [0, 0.1) is 11.8 Å². The Hall–Kier alpha value is -1.99. The summed E-state index contributed by atoms with van der Waals surface area (Å²) in [7, 11) is 1.33. The Morgan fingerprint density at radius 2 is 1.23 bits per heavy atom. The molecule has 26 heavy (non-hydrogen) atoms. The Bertz CT molecular complexity index is 447. The van der Waals surface area contributed by atoms with Gasteiger partial charge in [0, 0.05) is 13.1 Å². The molecule has 0 saturated heterocycles. The van der Waals surface area contributed by atoms with E-state index in [4.69, 9.17) is 14.2 Å². The van der Waals surface area contributed by atoms with E-state index < -0.39 is 23.4 Å². The second-order valence-electron chi connectivity index (χ2n) is 8.29. The lowest BCUT2D eigenvalue weighted by Crippen LogP contribution is -2.41. The molecule has 2 amide bonds. The van der Waals surface area contributed by atoms with E-state index in [2.05, 4.69) is 10.6 Å². The second kappa shape index (κ2) is 10.2. The van der Waals surface area contributed by atoms with Gasteiger partial charge in [0.1, 0.15) is 11.2 Å². The molecule has 2 N–H and O–H groups in total. The molecule has 8 heteroatoms. The van der Waals surface area contributed by atoms with Gasteiger partial charge in [-0.15, -0.1) is 0 Å². The minimum Gasteiger partial charge on any atom is -0.469 e. The fourth-order valence-electron chi connectivity index (χ4n) is 2.12. The van der Waals surface area contributed by atoms with E-state index in [0.717, 1.165) is 0 Å². The van der Waals surface area contributed by atoms with Gasteiger partial charge in [0.15, 0.2) is 0 Å². The third-order valence-electron chi connectivity index (χ3n) is 3.16. The predicted octanol–water partition coefficient (Wildman–Crippen LogP) is 2.85. The molecular formula is C18H34N2O6. The molecule has 0 rings (SSSR count). The maximum absolute atomic E-state index is 11.8. The van der Waals surface area contributed by atoms with Gasteiger partial charge in [-0.2, -0.15) is 0 Å². The van der Waals surface area contributed by atoms with Gasteiger partial charge in [-0.25, -0.2) is 9.59 Å². The topological polar surface area (TPSA) is 103 Å². The van der Waals surface area contributed by atoms with Crippen LogP contribution in [0.4, 0.5) is 9.59 Å². The average Bonchev–Trinajstić information content (AvgIpc) is 2.45. The summed E-state index contributed by atoms with van der Waals surface area (Å²) < 4.78 is 15.1. The van der Waals surface area contributed by atoms with Crippen molar-refractivity contribution in [1.29, 1.82) is 0 Å². The second-order valence-corrected chi connectivity index (χ2v) is 8.29. The fourth-order valence-corrected chi connectivity index (χ4v) is 2.12. The summed E-state index contributed by atoms with van der Waals surface area (Å²) in [6.07, 6.45) is -0.672. The SMILES string of the molecule is COC(=O)[C@H](C)CC(CNC(=O)OC(C)(C)C)CNC(=O)OC(C)(C)C. The first kappa shape index (κ1) is 24.0. The number of methoxy groups -OCH3 is 1. The van der Waals surface area contributed by atoms with Crippen LogP contribution in [0.1, 0.15) is 54.9 Å². The molecule has 0 aliphatic rings. The lowest BCUT2D eigenvalue weighted by Gasteiger charge is -2.24. The van der Waals surface area contributed by atoms with Crippen molar-refractivity contribution < 1.29 is 28.6 Å². The van der Waals surface area contributed by atoms with Gasteiger partial charge in [-0.05, 0) is 53.9 Å². The van der Waals surface area contributed by atoms with Crippen LogP contribution in [-0.2, 0) is 19.0 Å². The van der Waals surface area contributed by atoms with Gasteiger partial charge in [0.05, 0.1) is 13.0 Å². The maximum Gasteiger partial charge on any atom is 0.407 e. The van der Waals surface area contributed by atoms with Crippen molar-refractivity contribution in [3.63, 3.8) is 0 Å². The molecule has 0 unspecified atom stereocenters. The van der Waals surface area contributed by atoms with Crippen LogP contribution in [0.15, 0.2) is 0 Å². The molecule has 0 bridgehead atoms. The Morgan fingerprint density at radius 3 is 1.54 bits per heavy atom. The van der Waals surface area contributed by atoms with E-state index in [1.54, 1.807) is 48.5 Å².